The molecule has 1 aromatic rings. The Labute approximate surface area is 108 Å². The number of carbonyl (C=O) groups is 1. The van der Waals surface area contributed by atoms with E-state index < -0.39 is 5.60 Å². The standard InChI is InChI=1S/C14H21NO3/c1-14(2,3)18-13(16)15-10-9-11-5-7-12(17-4)8-6-11/h5-8H,9-10H2,1-4H3,(H,15,16). The molecule has 18 heavy (non-hydrogen) atoms. The number of methoxy groups -OCH3 is 1. The lowest BCUT2D eigenvalue weighted by Crippen LogP contribution is -2.33. The number of carbonyl (C=O) groups excluding carboxylic acids is 1. The van der Waals surface area contributed by atoms with E-state index >= 15 is 0 Å². The summed E-state index contributed by atoms with van der Waals surface area (Å²) < 4.78 is 10.2. The summed E-state index contributed by atoms with van der Waals surface area (Å²) in [5.74, 6) is 0.832. The fraction of sp³-hybridized carbons (Fsp3) is 0.500. The molecular formula is C14H21NO3. The maximum Gasteiger partial charge on any atom is 0.407 e. The summed E-state index contributed by atoms with van der Waals surface area (Å²) in [6.45, 7) is 6.09. The van der Waals surface area contributed by atoms with E-state index in [2.05, 4.69) is 5.32 Å². The molecule has 0 aliphatic carbocycles. The summed E-state index contributed by atoms with van der Waals surface area (Å²) in [4.78, 5) is 11.4. The summed E-state index contributed by atoms with van der Waals surface area (Å²) in [6, 6.07) is 7.77. The van der Waals surface area contributed by atoms with E-state index in [4.69, 9.17) is 9.47 Å². The van der Waals surface area contributed by atoms with Crippen LogP contribution < -0.4 is 10.1 Å². The van der Waals surface area contributed by atoms with Crippen molar-refractivity contribution in [2.24, 2.45) is 0 Å². The summed E-state index contributed by atoms with van der Waals surface area (Å²) in [6.07, 6.45) is 0.388. The number of hydrogen-bond acceptors (Lipinski definition) is 3. The van der Waals surface area contributed by atoms with Gasteiger partial charge in [0.05, 0.1) is 7.11 Å². The van der Waals surface area contributed by atoms with Gasteiger partial charge in [0.1, 0.15) is 11.4 Å². The second-order valence-electron chi connectivity index (χ2n) is 5.03. The van der Waals surface area contributed by atoms with Gasteiger partial charge in [0.25, 0.3) is 0 Å². The van der Waals surface area contributed by atoms with Crippen molar-refractivity contribution in [3.05, 3.63) is 29.8 Å². The molecule has 0 fully saturated rings. The van der Waals surface area contributed by atoms with E-state index in [0.717, 1.165) is 17.7 Å². The van der Waals surface area contributed by atoms with Gasteiger partial charge in [-0.3, -0.25) is 0 Å². The number of ether oxygens (including phenoxy) is 2. The first-order chi connectivity index (χ1) is 8.40. The molecule has 0 bridgehead atoms. The van der Waals surface area contributed by atoms with Gasteiger partial charge in [-0.15, -0.1) is 0 Å². The lowest BCUT2D eigenvalue weighted by Gasteiger charge is -2.19. The van der Waals surface area contributed by atoms with Crippen molar-refractivity contribution < 1.29 is 14.3 Å². The van der Waals surface area contributed by atoms with E-state index in [9.17, 15) is 4.79 Å². The number of nitrogens with one attached hydrogen (secondary N) is 1. The zero-order valence-corrected chi connectivity index (χ0v) is 11.4. The van der Waals surface area contributed by atoms with Gasteiger partial charge in [0.2, 0.25) is 0 Å². The second kappa shape index (κ2) is 6.28. The molecule has 0 aliphatic heterocycles. The molecule has 0 atom stereocenters. The Morgan fingerprint density at radius 1 is 1.22 bits per heavy atom. The Balaban J connectivity index is 2.30. The van der Waals surface area contributed by atoms with Gasteiger partial charge in [0, 0.05) is 6.54 Å². The normalized spacial score (nSPS) is 10.9. The highest BCUT2D eigenvalue weighted by molar-refractivity contribution is 5.67. The maximum atomic E-state index is 11.4. The lowest BCUT2D eigenvalue weighted by atomic mass is 10.1. The number of rotatable bonds is 4. The molecule has 1 amide bonds. The Hall–Kier alpha value is -1.71. The number of alkyl carbamates (subject to hydrolysis) is 1. The minimum atomic E-state index is -0.454. The molecule has 0 aliphatic rings. The molecule has 0 saturated heterocycles. The zero-order valence-electron chi connectivity index (χ0n) is 11.4. The quantitative estimate of drug-likeness (QED) is 0.895. The SMILES string of the molecule is COc1ccc(CCNC(=O)OC(C)(C)C)cc1. The van der Waals surface area contributed by atoms with Crippen LogP contribution in [-0.2, 0) is 11.2 Å². The predicted molar refractivity (Wildman–Crippen MR) is 70.9 cm³/mol. The topological polar surface area (TPSA) is 47.6 Å². The minimum absolute atomic E-state index is 0.379. The Morgan fingerprint density at radius 2 is 1.83 bits per heavy atom. The monoisotopic (exact) mass is 251 g/mol. The minimum Gasteiger partial charge on any atom is -0.497 e. The Kier molecular flexibility index (Phi) is 5.01. The van der Waals surface area contributed by atoms with Gasteiger partial charge < -0.3 is 14.8 Å². The average molecular weight is 251 g/mol. The van der Waals surface area contributed by atoms with Crippen LogP contribution in [0.25, 0.3) is 0 Å². The summed E-state index contributed by atoms with van der Waals surface area (Å²) >= 11 is 0. The van der Waals surface area contributed by atoms with Gasteiger partial charge in [-0.2, -0.15) is 0 Å². The molecular weight excluding hydrogens is 230 g/mol. The fourth-order valence-corrected chi connectivity index (χ4v) is 1.42. The molecule has 0 spiro atoms. The van der Waals surface area contributed by atoms with Crippen molar-refractivity contribution in [1.82, 2.24) is 5.32 Å². The van der Waals surface area contributed by atoms with E-state index in [-0.39, 0.29) is 6.09 Å². The van der Waals surface area contributed by atoms with E-state index in [1.165, 1.54) is 0 Å². The molecule has 1 rings (SSSR count). The van der Waals surface area contributed by atoms with E-state index in [1.54, 1.807) is 7.11 Å². The van der Waals surface area contributed by atoms with Crippen molar-refractivity contribution in [1.29, 1.82) is 0 Å². The summed E-state index contributed by atoms with van der Waals surface area (Å²) in [7, 11) is 1.64. The number of amides is 1. The Bertz CT molecular complexity index is 379. The van der Waals surface area contributed by atoms with Crippen molar-refractivity contribution >= 4 is 6.09 Å². The number of hydrogen-bond donors (Lipinski definition) is 1. The first kappa shape index (κ1) is 14.4. The highest BCUT2D eigenvalue weighted by Crippen LogP contribution is 2.11. The first-order valence-electron chi connectivity index (χ1n) is 6.00. The second-order valence-corrected chi connectivity index (χ2v) is 5.03. The predicted octanol–water partition coefficient (Wildman–Crippen LogP) is 2.76. The third-order valence-electron chi connectivity index (χ3n) is 2.24. The van der Waals surface area contributed by atoms with E-state index in [0.29, 0.717) is 6.54 Å². The van der Waals surface area contributed by atoms with Crippen LogP contribution in [0.4, 0.5) is 4.79 Å². The Morgan fingerprint density at radius 3 is 2.33 bits per heavy atom. The largest absolute Gasteiger partial charge is 0.497 e. The van der Waals surface area contributed by atoms with Gasteiger partial charge in [-0.05, 0) is 44.9 Å². The van der Waals surface area contributed by atoms with E-state index in [1.807, 2.05) is 45.0 Å². The summed E-state index contributed by atoms with van der Waals surface area (Å²) in [5, 5.41) is 2.72. The van der Waals surface area contributed by atoms with Crippen LogP contribution in [0.1, 0.15) is 26.3 Å². The molecule has 1 aromatic carbocycles. The fourth-order valence-electron chi connectivity index (χ4n) is 1.42. The van der Waals surface area contributed by atoms with Crippen molar-refractivity contribution in [3.8, 4) is 5.75 Å². The van der Waals surface area contributed by atoms with Crippen molar-refractivity contribution in [3.63, 3.8) is 0 Å². The third-order valence-corrected chi connectivity index (χ3v) is 2.24. The zero-order chi connectivity index (χ0) is 13.6. The van der Waals surface area contributed by atoms with Crippen LogP contribution in [0.3, 0.4) is 0 Å². The van der Waals surface area contributed by atoms with Crippen molar-refractivity contribution in [2.75, 3.05) is 13.7 Å². The highest BCUT2D eigenvalue weighted by atomic mass is 16.6. The van der Waals surface area contributed by atoms with Crippen LogP contribution in [0, 0.1) is 0 Å². The third kappa shape index (κ3) is 5.57. The van der Waals surface area contributed by atoms with Crippen LogP contribution in [-0.4, -0.2) is 25.3 Å². The van der Waals surface area contributed by atoms with Gasteiger partial charge in [0.15, 0.2) is 0 Å². The molecule has 4 heteroatoms. The summed E-state index contributed by atoms with van der Waals surface area (Å²) in [5.41, 5.74) is 0.691. The molecule has 0 unspecified atom stereocenters. The van der Waals surface area contributed by atoms with Gasteiger partial charge in [-0.25, -0.2) is 4.79 Å². The molecule has 0 radical (unpaired) electrons. The van der Waals surface area contributed by atoms with Crippen LogP contribution in [0.2, 0.25) is 0 Å². The molecule has 0 aromatic heterocycles. The molecule has 0 saturated carbocycles. The first-order valence-corrected chi connectivity index (χ1v) is 6.00. The van der Waals surface area contributed by atoms with Gasteiger partial charge >= 0.3 is 6.09 Å². The molecule has 100 valence electrons. The highest BCUT2D eigenvalue weighted by Gasteiger charge is 2.15. The van der Waals surface area contributed by atoms with Crippen LogP contribution in [0.15, 0.2) is 24.3 Å². The smallest absolute Gasteiger partial charge is 0.407 e. The maximum absolute atomic E-state index is 11.4. The molecule has 1 N–H and O–H groups in total. The number of benzene rings is 1. The van der Waals surface area contributed by atoms with Gasteiger partial charge in [-0.1, -0.05) is 12.1 Å². The molecule has 4 nitrogen and oxygen atoms in total. The average Bonchev–Trinajstić information content (AvgIpc) is 2.27. The van der Waals surface area contributed by atoms with Crippen LogP contribution in [0.5, 0.6) is 5.75 Å². The van der Waals surface area contributed by atoms with Crippen LogP contribution >= 0.6 is 0 Å². The van der Waals surface area contributed by atoms with Crippen molar-refractivity contribution in [2.45, 2.75) is 32.8 Å². The molecule has 0 heterocycles. The lowest BCUT2D eigenvalue weighted by molar-refractivity contribution is 0.0528.